The Labute approximate surface area is 156 Å². The van der Waals surface area contributed by atoms with Crippen LogP contribution in [0.5, 0.6) is 0 Å². The predicted molar refractivity (Wildman–Crippen MR) is 108 cm³/mol. The van der Waals surface area contributed by atoms with Crippen LogP contribution in [0.1, 0.15) is 60.9 Å². The summed E-state index contributed by atoms with van der Waals surface area (Å²) >= 11 is 5.48. The maximum atomic E-state index is 11.1. The van der Waals surface area contributed by atoms with E-state index in [0.29, 0.717) is 5.56 Å². The first-order valence-corrected chi connectivity index (χ1v) is 9.58. The summed E-state index contributed by atoms with van der Waals surface area (Å²) in [5, 5.41) is -0.414. The molecule has 0 saturated carbocycles. The standard InChI is InChI=1S/C23H27ClO/c1-2-3-4-5-6-7-8-9-10-19-11-13-20(14-12-19)21-15-17-22(18-16-21)23(24)25/h2,11-18H,1,3-10H2. The molecule has 2 heteroatoms. The minimum Gasteiger partial charge on any atom is -0.276 e. The predicted octanol–water partition coefficient (Wildman–Crippen LogP) is 7.19. The summed E-state index contributed by atoms with van der Waals surface area (Å²) in [6.07, 6.45) is 12.2. The largest absolute Gasteiger partial charge is 0.276 e. The molecule has 0 spiro atoms. The first-order valence-electron chi connectivity index (χ1n) is 9.21. The van der Waals surface area contributed by atoms with Gasteiger partial charge in [-0.3, -0.25) is 4.79 Å². The normalized spacial score (nSPS) is 10.6. The van der Waals surface area contributed by atoms with Gasteiger partial charge in [0, 0.05) is 5.56 Å². The molecule has 0 N–H and O–H groups in total. The van der Waals surface area contributed by atoms with Crippen LogP contribution in [-0.2, 0) is 6.42 Å². The van der Waals surface area contributed by atoms with Gasteiger partial charge in [-0.15, -0.1) is 6.58 Å². The Morgan fingerprint density at radius 2 is 1.32 bits per heavy atom. The molecular weight excluding hydrogens is 328 g/mol. The number of benzene rings is 2. The highest BCUT2D eigenvalue weighted by Crippen LogP contribution is 2.21. The highest BCUT2D eigenvalue weighted by Gasteiger charge is 2.03. The van der Waals surface area contributed by atoms with E-state index < -0.39 is 5.24 Å². The zero-order chi connectivity index (χ0) is 17.9. The minimum atomic E-state index is -0.414. The average molecular weight is 355 g/mol. The summed E-state index contributed by atoms with van der Waals surface area (Å²) in [5.74, 6) is 0. The van der Waals surface area contributed by atoms with Crippen LogP contribution in [0.3, 0.4) is 0 Å². The van der Waals surface area contributed by atoms with Gasteiger partial charge in [0.05, 0.1) is 0 Å². The maximum Gasteiger partial charge on any atom is 0.252 e. The number of halogens is 1. The molecule has 0 bridgehead atoms. The van der Waals surface area contributed by atoms with Gasteiger partial charge in [-0.05, 0) is 66.1 Å². The third-order valence-electron chi connectivity index (χ3n) is 4.52. The van der Waals surface area contributed by atoms with Gasteiger partial charge in [0.25, 0.3) is 5.24 Å². The van der Waals surface area contributed by atoms with Crippen molar-refractivity contribution < 1.29 is 4.79 Å². The van der Waals surface area contributed by atoms with Crippen LogP contribution in [0.25, 0.3) is 11.1 Å². The number of unbranched alkanes of at least 4 members (excludes halogenated alkanes) is 6. The summed E-state index contributed by atoms with van der Waals surface area (Å²) < 4.78 is 0. The first kappa shape index (κ1) is 19.5. The maximum absolute atomic E-state index is 11.1. The van der Waals surface area contributed by atoms with Crippen LogP contribution in [0.15, 0.2) is 61.2 Å². The molecule has 2 aromatic carbocycles. The van der Waals surface area contributed by atoms with E-state index in [1.54, 1.807) is 12.1 Å². The molecule has 2 aromatic rings. The van der Waals surface area contributed by atoms with Crippen LogP contribution in [0.2, 0.25) is 0 Å². The molecule has 0 fully saturated rings. The Morgan fingerprint density at radius 1 is 0.800 bits per heavy atom. The van der Waals surface area contributed by atoms with E-state index in [9.17, 15) is 4.79 Å². The van der Waals surface area contributed by atoms with Crippen LogP contribution in [0.4, 0.5) is 0 Å². The number of rotatable bonds is 11. The second-order valence-electron chi connectivity index (χ2n) is 6.50. The number of hydrogen-bond acceptors (Lipinski definition) is 1. The molecule has 0 atom stereocenters. The molecule has 0 heterocycles. The summed E-state index contributed by atoms with van der Waals surface area (Å²) in [5.41, 5.74) is 4.20. The van der Waals surface area contributed by atoms with Gasteiger partial charge in [0.15, 0.2) is 0 Å². The van der Waals surface area contributed by atoms with Crippen molar-refractivity contribution >= 4 is 16.8 Å². The van der Waals surface area contributed by atoms with E-state index in [2.05, 4.69) is 30.8 Å². The van der Waals surface area contributed by atoms with Gasteiger partial charge in [-0.25, -0.2) is 0 Å². The fourth-order valence-corrected chi connectivity index (χ4v) is 3.11. The molecule has 0 aromatic heterocycles. The van der Waals surface area contributed by atoms with Crippen molar-refractivity contribution in [2.45, 2.75) is 51.4 Å². The zero-order valence-corrected chi connectivity index (χ0v) is 15.6. The number of hydrogen-bond donors (Lipinski definition) is 0. The van der Waals surface area contributed by atoms with Crippen molar-refractivity contribution in [2.75, 3.05) is 0 Å². The van der Waals surface area contributed by atoms with E-state index in [4.69, 9.17) is 11.6 Å². The van der Waals surface area contributed by atoms with Gasteiger partial charge in [-0.2, -0.15) is 0 Å². The second-order valence-corrected chi connectivity index (χ2v) is 6.84. The quantitative estimate of drug-likeness (QED) is 0.237. The Hall–Kier alpha value is -1.86. The zero-order valence-electron chi connectivity index (χ0n) is 14.8. The lowest BCUT2D eigenvalue weighted by Gasteiger charge is -2.06. The fraction of sp³-hybridized carbons (Fsp3) is 0.348. The molecule has 25 heavy (non-hydrogen) atoms. The van der Waals surface area contributed by atoms with Crippen molar-refractivity contribution in [1.82, 2.24) is 0 Å². The van der Waals surface area contributed by atoms with Crippen molar-refractivity contribution in [2.24, 2.45) is 0 Å². The summed E-state index contributed by atoms with van der Waals surface area (Å²) in [7, 11) is 0. The van der Waals surface area contributed by atoms with Crippen molar-refractivity contribution in [3.05, 3.63) is 72.3 Å². The van der Waals surface area contributed by atoms with Crippen molar-refractivity contribution in [1.29, 1.82) is 0 Å². The van der Waals surface area contributed by atoms with Gasteiger partial charge in [0.1, 0.15) is 0 Å². The van der Waals surface area contributed by atoms with Crippen molar-refractivity contribution in [3.63, 3.8) is 0 Å². The van der Waals surface area contributed by atoms with Crippen molar-refractivity contribution in [3.8, 4) is 11.1 Å². The lowest BCUT2D eigenvalue weighted by Crippen LogP contribution is -1.89. The highest BCUT2D eigenvalue weighted by atomic mass is 35.5. The summed E-state index contributed by atoms with van der Waals surface area (Å²) in [4.78, 5) is 11.1. The summed E-state index contributed by atoms with van der Waals surface area (Å²) in [6.45, 7) is 3.76. The van der Waals surface area contributed by atoms with Crippen LogP contribution in [0, 0.1) is 0 Å². The number of carbonyl (C=O) groups excluding carboxylic acids is 1. The Morgan fingerprint density at radius 3 is 1.88 bits per heavy atom. The second kappa shape index (κ2) is 10.9. The van der Waals surface area contributed by atoms with Gasteiger partial charge in [-0.1, -0.05) is 68.2 Å². The molecule has 0 aliphatic carbocycles. The molecule has 0 unspecified atom stereocenters. The van der Waals surface area contributed by atoms with E-state index in [1.165, 1.54) is 49.7 Å². The molecule has 0 aliphatic rings. The van der Waals surface area contributed by atoms with Crippen LogP contribution < -0.4 is 0 Å². The fourth-order valence-electron chi connectivity index (χ4n) is 2.98. The Balaban J connectivity index is 1.74. The highest BCUT2D eigenvalue weighted by molar-refractivity contribution is 6.67. The van der Waals surface area contributed by atoms with Gasteiger partial charge >= 0.3 is 0 Å². The topological polar surface area (TPSA) is 17.1 Å². The monoisotopic (exact) mass is 354 g/mol. The van der Waals surface area contributed by atoms with E-state index in [0.717, 1.165) is 18.4 Å². The van der Waals surface area contributed by atoms with E-state index in [-0.39, 0.29) is 0 Å². The number of carbonyl (C=O) groups is 1. The van der Waals surface area contributed by atoms with Crippen LogP contribution >= 0.6 is 11.6 Å². The van der Waals surface area contributed by atoms with E-state index >= 15 is 0 Å². The minimum absolute atomic E-state index is 0.414. The number of allylic oxidation sites excluding steroid dienone is 1. The molecule has 0 aliphatic heterocycles. The third kappa shape index (κ3) is 6.88. The number of aryl methyl sites for hydroxylation is 1. The lowest BCUT2D eigenvalue weighted by molar-refractivity contribution is 0.108. The Kier molecular flexibility index (Phi) is 8.48. The summed E-state index contributed by atoms with van der Waals surface area (Å²) in [6, 6.07) is 16.2. The SMILES string of the molecule is C=CCCCCCCCCc1ccc(-c2ccc(C(=O)Cl)cc2)cc1. The van der Waals surface area contributed by atoms with E-state index in [1.807, 2.05) is 18.2 Å². The first-order chi connectivity index (χ1) is 12.2. The molecule has 1 nitrogen and oxygen atoms in total. The lowest BCUT2D eigenvalue weighted by atomic mass is 10.00. The molecule has 0 radical (unpaired) electrons. The third-order valence-corrected chi connectivity index (χ3v) is 4.74. The van der Waals surface area contributed by atoms with Crippen LogP contribution in [-0.4, -0.2) is 5.24 Å². The molecular formula is C23H27ClO. The Bertz CT molecular complexity index is 655. The molecule has 0 amide bonds. The molecule has 2 rings (SSSR count). The average Bonchev–Trinajstić information content (AvgIpc) is 2.64. The van der Waals surface area contributed by atoms with Gasteiger partial charge in [0.2, 0.25) is 0 Å². The molecule has 0 saturated heterocycles. The van der Waals surface area contributed by atoms with Gasteiger partial charge < -0.3 is 0 Å². The molecule has 132 valence electrons. The smallest absolute Gasteiger partial charge is 0.252 e.